The first-order valence-electron chi connectivity index (χ1n) is 4.44. The smallest absolute Gasteiger partial charge is 0.0197 e. The molecular weight excluding hydrogens is 132 g/mol. The summed E-state index contributed by atoms with van der Waals surface area (Å²) in [6.45, 7) is 10.6. The molecule has 0 saturated carbocycles. The van der Waals surface area contributed by atoms with Gasteiger partial charge in [-0.25, -0.2) is 0 Å². The monoisotopic (exact) mass is 150 g/mol. The summed E-state index contributed by atoms with van der Waals surface area (Å²) < 4.78 is 0. The van der Waals surface area contributed by atoms with Crippen molar-refractivity contribution < 1.29 is 0 Å². The highest BCUT2D eigenvalue weighted by atomic mass is 14.3. The minimum absolute atomic E-state index is 0.785. The summed E-state index contributed by atoms with van der Waals surface area (Å²) in [5.74, 6) is 1.63. The molecule has 0 fully saturated rings. The fraction of sp³-hybridized carbons (Fsp3) is 0.636. The molecule has 0 aromatic carbocycles. The van der Waals surface area contributed by atoms with Crippen LogP contribution in [0.15, 0.2) is 23.8 Å². The molecule has 0 aromatic heterocycles. The van der Waals surface area contributed by atoms with Gasteiger partial charge in [-0.3, -0.25) is 0 Å². The lowest BCUT2D eigenvalue weighted by atomic mass is 9.91. The Bertz CT molecular complexity index is 186. The fourth-order valence-electron chi connectivity index (χ4n) is 1.97. The predicted octanol–water partition coefficient (Wildman–Crippen LogP) is 3.55. The first-order chi connectivity index (χ1) is 5.16. The van der Waals surface area contributed by atoms with Crippen LogP contribution < -0.4 is 0 Å². The summed E-state index contributed by atoms with van der Waals surface area (Å²) in [5, 5.41) is 0. The van der Waals surface area contributed by atoms with Crippen LogP contribution in [-0.4, -0.2) is 0 Å². The quantitative estimate of drug-likeness (QED) is 0.528. The lowest BCUT2D eigenvalue weighted by Gasteiger charge is -2.14. The van der Waals surface area contributed by atoms with Crippen LogP contribution in [0.3, 0.4) is 0 Å². The highest BCUT2D eigenvalue weighted by Crippen LogP contribution is 2.38. The lowest BCUT2D eigenvalue weighted by Crippen LogP contribution is -2.04. The molecule has 0 heterocycles. The van der Waals surface area contributed by atoms with Crippen molar-refractivity contribution >= 4 is 0 Å². The fourth-order valence-corrected chi connectivity index (χ4v) is 1.97. The van der Waals surface area contributed by atoms with Gasteiger partial charge in [0.15, 0.2) is 0 Å². The van der Waals surface area contributed by atoms with Gasteiger partial charge in [-0.2, -0.15) is 0 Å². The van der Waals surface area contributed by atoms with Gasteiger partial charge in [-0.1, -0.05) is 24.1 Å². The lowest BCUT2D eigenvalue weighted by molar-refractivity contribution is 0.442. The molecule has 1 aliphatic rings. The minimum Gasteiger partial charge on any atom is -0.103 e. The van der Waals surface area contributed by atoms with E-state index in [1.54, 1.807) is 11.1 Å². The highest BCUT2D eigenvalue weighted by Gasteiger charge is 2.25. The molecule has 0 aliphatic heterocycles. The molecule has 0 heteroatoms. The standard InChI is InChI=1S/C11H18/c1-5-6-11-7-8(2)9(3)10(11)4/h5,10-11H,1,6-7H2,2-4H3. The first-order valence-corrected chi connectivity index (χ1v) is 4.44. The Hall–Kier alpha value is -0.520. The third kappa shape index (κ3) is 1.55. The molecule has 0 radical (unpaired) electrons. The molecule has 11 heavy (non-hydrogen) atoms. The number of rotatable bonds is 2. The van der Waals surface area contributed by atoms with Gasteiger partial charge in [-0.15, -0.1) is 6.58 Å². The normalized spacial score (nSPS) is 31.2. The molecule has 2 atom stereocenters. The van der Waals surface area contributed by atoms with Crippen molar-refractivity contribution in [3.05, 3.63) is 23.8 Å². The number of allylic oxidation sites excluding steroid dienone is 3. The Kier molecular flexibility index (Phi) is 2.53. The van der Waals surface area contributed by atoms with Crippen LogP contribution in [0.25, 0.3) is 0 Å². The number of hydrogen-bond donors (Lipinski definition) is 0. The molecular formula is C11H18. The molecule has 0 saturated heterocycles. The third-order valence-corrected chi connectivity index (χ3v) is 3.10. The maximum absolute atomic E-state index is 3.79. The molecule has 0 spiro atoms. The molecule has 2 unspecified atom stereocenters. The van der Waals surface area contributed by atoms with Gasteiger partial charge < -0.3 is 0 Å². The van der Waals surface area contributed by atoms with Crippen LogP contribution in [0.5, 0.6) is 0 Å². The maximum atomic E-state index is 3.79. The molecule has 62 valence electrons. The second kappa shape index (κ2) is 3.25. The summed E-state index contributed by atoms with van der Waals surface area (Å²) >= 11 is 0. The predicted molar refractivity (Wildman–Crippen MR) is 50.5 cm³/mol. The Labute approximate surface area is 70.0 Å². The maximum Gasteiger partial charge on any atom is -0.0197 e. The summed E-state index contributed by atoms with van der Waals surface area (Å²) in [6.07, 6.45) is 4.52. The Balaban J connectivity index is 2.62. The van der Waals surface area contributed by atoms with E-state index in [2.05, 4.69) is 27.4 Å². The minimum atomic E-state index is 0.785. The van der Waals surface area contributed by atoms with Gasteiger partial charge >= 0.3 is 0 Å². The van der Waals surface area contributed by atoms with Crippen molar-refractivity contribution in [3.8, 4) is 0 Å². The topological polar surface area (TPSA) is 0 Å². The van der Waals surface area contributed by atoms with E-state index in [9.17, 15) is 0 Å². The molecule has 0 nitrogen and oxygen atoms in total. The van der Waals surface area contributed by atoms with Crippen molar-refractivity contribution in [1.29, 1.82) is 0 Å². The largest absolute Gasteiger partial charge is 0.103 e. The average Bonchev–Trinajstić information content (AvgIpc) is 2.19. The molecule has 0 aromatic rings. The van der Waals surface area contributed by atoms with Gasteiger partial charge in [-0.05, 0) is 38.5 Å². The van der Waals surface area contributed by atoms with Crippen LogP contribution in [0.4, 0.5) is 0 Å². The van der Waals surface area contributed by atoms with Crippen molar-refractivity contribution in [2.24, 2.45) is 11.8 Å². The zero-order valence-corrected chi connectivity index (χ0v) is 7.85. The molecule has 0 bridgehead atoms. The van der Waals surface area contributed by atoms with E-state index in [-0.39, 0.29) is 0 Å². The van der Waals surface area contributed by atoms with E-state index in [4.69, 9.17) is 0 Å². The summed E-state index contributed by atoms with van der Waals surface area (Å²) in [5.41, 5.74) is 3.21. The van der Waals surface area contributed by atoms with Gasteiger partial charge in [0.05, 0.1) is 0 Å². The van der Waals surface area contributed by atoms with E-state index in [1.165, 1.54) is 12.8 Å². The Morgan fingerprint density at radius 1 is 1.55 bits per heavy atom. The van der Waals surface area contributed by atoms with Crippen molar-refractivity contribution in [2.75, 3.05) is 0 Å². The van der Waals surface area contributed by atoms with Crippen molar-refractivity contribution in [3.63, 3.8) is 0 Å². The van der Waals surface area contributed by atoms with Crippen LogP contribution in [0, 0.1) is 11.8 Å². The Morgan fingerprint density at radius 3 is 2.55 bits per heavy atom. The van der Waals surface area contributed by atoms with Crippen LogP contribution >= 0.6 is 0 Å². The van der Waals surface area contributed by atoms with Crippen molar-refractivity contribution in [2.45, 2.75) is 33.6 Å². The molecule has 0 N–H and O–H groups in total. The van der Waals surface area contributed by atoms with Gasteiger partial charge in [0, 0.05) is 0 Å². The summed E-state index contributed by atoms with van der Waals surface area (Å²) in [7, 11) is 0. The Morgan fingerprint density at radius 2 is 2.18 bits per heavy atom. The second-order valence-electron chi connectivity index (χ2n) is 3.74. The molecule has 0 amide bonds. The van der Waals surface area contributed by atoms with E-state index in [0.717, 1.165) is 11.8 Å². The first kappa shape index (κ1) is 8.58. The van der Waals surface area contributed by atoms with Crippen LogP contribution in [0.2, 0.25) is 0 Å². The van der Waals surface area contributed by atoms with Gasteiger partial charge in [0.2, 0.25) is 0 Å². The van der Waals surface area contributed by atoms with Gasteiger partial charge in [0.1, 0.15) is 0 Å². The van der Waals surface area contributed by atoms with Crippen LogP contribution in [0.1, 0.15) is 33.6 Å². The zero-order chi connectivity index (χ0) is 8.43. The average molecular weight is 150 g/mol. The van der Waals surface area contributed by atoms with E-state index >= 15 is 0 Å². The molecule has 1 rings (SSSR count). The molecule has 1 aliphatic carbocycles. The summed E-state index contributed by atoms with van der Waals surface area (Å²) in [4.78, 5) is 0. The SMILES string of the molecule is C=CCC1CC(C)=C(C)C1C. The van der Waals surface area contributed by atoms with E-state index in [0.29, 0.717) is 0 Å². The highest BCUT2D eigenvalue weighted by molar-refractivity contribution is 5.20. The van der Waals surface area contributed by atoms with Crippen LogP contribution in [-0.2, 0) is 0 Å². The summed E-state index contributed by atoms with van der Waals surface area (Å²) in [6, 6.07) is 0. The van der Waals surface area contributed by atoms with Gasteiger partial charge in [0.25, 0.3) is 0 Å². The van der Waals surface area contributed by atoms with Crippen molar-refractivity contribution in [1.82, 2.24) is 0 Å². The zero-order valence-electron chi connectivity index (χ0n) is 7.85. The number of hydrogen-bond acceptors (Lipinski definition) is 0. The van der Waals surface area contributed by atoms with E-state index < -0.39 is 0 Å². The van der Waals surface area contributed by atoms with E-state index in [1.807, 2.05) is 6.08 Å². The third-order valence-electron chi connectivity index (χ3n) is 3.10. The second-order valence-corrected chi connectivity index (χ2v) is 3.74.